The first kappa shape index (κ1) is 22.2. The van der Waals surface area contributed by atoms with E-state index in [2.05, 4.69) is 39.6 Å². The monoisotopic (exact) mass is 422 g/mol. The Kier molecular flexibility index (Phi) is 6.18. The predicted molar refractivity (Wildman–Crippen MR) is 119 cm³/mol. The molecule has 1 amide bonds. The standard InChI is InChI=1S/C24H30N2O3Si/c1-17(2)21-24(28-3,29-30(4,5)6)22(19-14-12-18(16-25)13-15-19)26(21)23(27)20-10-8-7-9-11-20/h7-15,17,21-22H,1-6H3/t21-,22+,24+/m0/s1. The Morgan fingerprint density at radius 2 is 1.70 bits per heavy atom. The molecule has 6 heteroatoms. The number of likely N-dealkylation sites (tertiary alicyclic amines) is 1. The highest BCUT2D eigenvalue weighted by molar-refractivity contribution is 6.69. The Hall–Kier alpha value is -2.46. The topological polar surface area (TPSA) is 62.6 Å². The molecule has 1 fully saturated rings. The van der Waals surface area contributed by atoms with Gasteiger partial charge in [-0.3, -0.25) is 4.79 Å². The van der Waals surface area contributed by atoms with Crippen LogP contribution < -0.4 is 0 Å². The summed E-state index contributed by atoms with van der Waals surface area (Å²) in [6.07, 6.45) is 0. The molecule has 158 valence electrons. The lowest BCUT2D eigenvalue weighted by Crippen LogP contribution is -2.77. The maximum Gasteiger partial charge on any atom is 0.255 e. The fourth-order valence-corrected chi connectivity index (χ4v) is 5.66. The van der Waals surface area contributed by atoms with Gasteiger partial charge in [-0.15, -0.1) is 0 Å². The predicted octanol–water partition coefficient (Wildman–Crippen LogP) is 4.97. The zero-order valence-electron chi connectivity index (χ0n) is 18.5. The quantitative estimate of drug-likeness (QED) is 0.487. The lowest BCUT2D eigenvalue weighted by Gasteiger charge is -2.64. The number of hydrogen-bond donors (Lipinski definition) is 0. The van der Waals surface area contributed by atoms with Gasteiger partial charge in [0.15, 0.2) is 8.32 Å². The van der Waals surface area contributed by atoms with Crippen LogP contribution in [0.3, 0.4) is 0 Å². The maximum absolute atomic E-state index is 13.6. The molecule has 30 heavy (non-hydrogen) atoms. The number of nitriles is 1. The molecule has 3 rings (SSSR count). The van der Waals surface area contributed by atoms with Gasteiger partial charge in [0.1, 0.15) is 6.04 Å². The summed E-state index contributed by atoms with van der Waals surface area (Å²) in [6, 6.07) is 18.2. The zero-order valence-corrected chi connectivity index (χ0v) is 19.5. The van der Waals surface area contributed by atoms with Gasteiger partial charge < -0.3 is 14.1 Å². The molecule has 3 atom stereocenters. The minimum atomic E-state index is -2.02. The molecule has 0 bridgehead atoms. The van der Waals surface area contributed by atoms with Crippen LogP contribution in [-0.4, -0.2) is 38.1 Å². The van der Waals surface area contributed by atoms with Gasteiger partial charge in [-0.1, -0.05) is 44.2 Å². The summed E-state index contributed by atoms with van der Waals surface area (Å²) >= 11 is 0. The molecule has 2 aromatic carbocycles. The first-order chi connectivity index (χ1) is 14.1. The van der Waals surface area contributed by atoms with E-state index < -0.39 is 20.1 Å². The second-order valence-electron chi connectivity index (χ2n) is 9.04. The number of carbonyl (C=O) groups excluding carboxylic acids is 1. The minimum Gasteiger partial charge on any atom is -0.387 e. The van der Waals surface area contributed by atoms with Crippen molar-refractivity contribution in [1.29, 1.82) is 5.26 Å². The SMILES string of the molecule is CO[C@@]1(O[Si](C)(C)C)[C@H](C(C)C)N(C(=O)c2ccccc2)[C@@H]1c1ccc(C#N)cc1. The number of methoxy groups -OCH3 is 1. The number of carbonyl (C=O) groups is 1. The maximum atomic E-state index is 13.6. The van der Waals surface area contributed by atoms with Crippen LogP contribution in [0.5, 0.6) is 0 Å². The highest BCUT2D eigenvalue weighted by Gasteiger charge is 2.66. The largest absolute Gasteiger partial charge is 0.387 e. The molecule has 0 spiro atoms. The highest BCUT2D eigenvalue weighted by Crippen LogP contribution is 2.54. The molecule has 1 heterocycles. The van der Waals surface area contributed by atoms with Gasteiger partial charge >= 0.3 is 0 Å². The van der Waals surface area contributed by atoms with Crippen molar-refractivity contribution in [3.8, 4) is 6.07 Å². The van der Waals surface area contributed by atoms with E-state index >= 15 is 0 Å². The second kappa shape index (κ2) is 8.35. The summed E-state index contributed by atoms with van der Waals surface area (Å²) in [5, 5.41) is 9.19. The molecule has 1 aliphatic rings. The smallest absolute Gasteiger partial charge is 0.255 e. The molecule has 1 aliphatic heterocycles. The van der Waals surface area contributed by atoms with Crippen LogP contribution in [0.2, 0.25) is 19.6 Å². The van der Waals surface area contributed by atoms with E-state index in [1.807, 2.05) is 47.4 Å². The molecule has 0 unspecified atom stereocenters. The van der Waals surface area contributed by atoms with E-state index in [1.165, 1.54) is 0 Å². The van der Waals surface area contributed by atoms with Crippen molar-refractivity contribution in [3.63, 3.8) is 0 Å². The zero-order chi connectivity index (χ0) is 22.1. The summed E-state index contributed by atoms with van der Waals surface area (Å²) in [5.74, 6) is -0.851. The molecular formula is C24H30N2O3Si. The third-order valence-electron chi connectivity index (χ3n) is 5.40. The van der Waals surface area contributed by atoms with Crippen molar-refractivity contribution in [2.24, 2.45) is 5.92 Å². The summed E-state index contributed by atoms with van der Waals surface area (Å²) in [7, 11) is -0.359. The lowest BCUT2D eigenvalue weighted by molar-refractivity contribution is -0.318. The van der Waals surface area contributed by atoms with E-state index in [9.17, 15) is 10.1 Å². The third kappa shape index (κ3) is 3.93. The van der Waals surface area contributed by atoms with E-state index in [4.69, 9.17) is 9.16 Å². The van der Waals surface area contributed by atoms with Crippen molar-refractivity contribution in [2.75, 3.05) is 7.11 Å². The number of amides is 1. The summed E-state index contributed by atoms with van der Waals surface area (Å²) in [5.41, 5.74) is 2.11. The van der Waals surface area contributed by atoms with Crippen LogP contribution >= 0.6 is 0 Å². The number of nitrogens with zero attached hydrogens (tertiary/aromatic N) is 2. The second-order valence-corrected chi connectivity index (χ2v) is 13.5. The van der Waals surface area contributed by atoms with Gasteiger partial charge in [0.25, 0.3) is 5.91 Å². The van der Waals surface area contributed by atoms with Gasteiger partial charge in [-0.05, 0) is 55.4 Å². The summed E-state index contributed by atoms with van der Waals surface area (Å²) < 4.78 is 12.8. The normalized spacial score (nSPS) is 23.7. The number of hydrogen-bond acceptors (Lipinski definition) is 4. The van der Waals surface area contributed by atoms with Crippen molar-refractivity contribution in [1.82, 2.24) is 4.90 Å². The molecular weight excluding hydrogens is 392 g/mol. The minimum absolute atomic E-state index is 0.0458. The number of benzene rings is 2. The molecule has 5 nitrogen and oxygen atoms in total. The van der Waals surface area contributed by atoms with Crippen molar-refractivity contribution >= 4 is 14.2 Å². The van der Waals surface area contributed by atoms with E-state index in [-0.39, 0.29) is 17.9 Å². The van der Waals surface area contributed by atoms with Gasteiger partial charge in [0.2, 0.25) is 5.79 Å². The molecule has 2 aromatic rings. The molecule has 0 N–H and O–H groups in total. The van der Waals surface area contributed by atoms with Gasteiger partial charge in [-0.2, -0.15) is 5.26 Å². The van der Waals surface area contributed by atoms with Crippen molar-refractivity contribution in [2.45, 2.75) is 51.4 Å². The van der Waals surface area contributed by atoms with Crippen LogP contribution in [0, 0.1) is 17.2 Å². The van der Waals surface area contributed by atoms with E-state index in [0.717, 1.165) is 5.56 Å². The third-order valence-corrected chi connectivity index (χ3v) is 6.33. The number of ether oxygens (including phenoxy) is 1. The van der Waals surface area contributed by atoms with Crippen molar-refractivity contribution < 1.29 is 14.0 Å². The summed E-state index contributed by atoms with van der Waals surface area (Å²) in [6.45, 7) is 10.6. The molecule has 1 saturated heterocycles. The molecule has 0 aliphatic carbocycles. The van der Waals surface area contributed by atoms with Crippen LogP contribution in [0.4, 0.5) is 0 Å². The van der Waals surface area contributed by atoms with Crippen molar-refractivity contribution in [3.05, 3.63) is 71.3 Å². The first-order valence-electron chi connectivity index (χ1n) is 10.3. The van der Waals surface area contributed by atoms with E-state index in [0.29, 0.717) is 11.1 Å². The Balaban J connectivity index is 2.14. The molecule has 0 radical (unpaired) electrons. The van der Waals surface area contributed by atoms with Gasteiger partial charge in [-0.25, -0.2) is 0 Å². The molecule has 0 saturated carbocycles. The Labute approximate surface area is 180 Å². The van der Waals surface area contributed by atoms with Gasteiger partial charge in [0, 0.05) is 12.7 Å². The highest BCUT2D eigenvalue weighted by atomic mass is 28.4. The fraction of sp³-hybridized carbons (Fsp3) is 0.417. The number of rotatable bonds is 6. The van der Waals surface area contributed by atoms with E-state index in [1.54, 1.807) is 19.2 Å². The Morgan fingerprint density at radius 3 is 2.17 bits per heavy atom. The average Bonchev–Trinajstić information content (AvgIpc) is 2.70. The molecule has 0 aromatic heterocycles. The van der Waals surface area contributed by atoms with Gasteiger partial charge in [0.05, 0.1) is 17.7 Å². The Morgan fingerprint density at radius 1 is 1.10 bits per heavy atom. The first-order valence-corrected chi connectivity index (χ1v) is 13.7. The van der Waals surface area contributed by atoms with Crippen LogP contribution in [-0.2, 0) is 9.16 Å². The fourth-order valence-electron chi connectivity index (χ4n) is 4.39. The van der Waals surface area contributed by atoms with Crippen LogP contribution in [0.15, 0.2) is 54.6 Å². The van der Waals surface area contributed by atoms with Crippen LogP contribution in [0.1, 0.15) is 41.4 Å². The Bertz CT molecular complexity index is 932. The summed E-state index contributed by atoms with van der Waals surface area (Å²) in [4.78, 5) is 15.5. The average molecular weight is 423 g/mol. The lowest BCUT2D eigenvalue weighted by atomic mass is 9.74. The van der Waals surface area contributed by atoms with Crippen LogP contribution in [0.25, 0.3) is 0 Å².